The average Bonchev–Trinajstić information content (AvgIpc) is 2.93. The van der Waals surface area contributed by atoms with Gasteiger partial charge in [0.05, 0.1) is 0 Å². The molecule has 1 unspecified atom stereocenters. The molecule has 0 amide bonds. The number of aryl methyl sites for hydroxylation is 1. The SMILES string of the molecule is CC(C)NCC1CCN(CCc2ncn(C)n2)C1. The van der Waals surface area contributed by atoms with Crippen LogP contribution in [-0.2, 0) is 13.5 Å². The second-order valence-corrected chi connectivity index (χ2v) is 5.60. The molecule has 1 fully saturated rings. The van der Waals surface area contributed by atoms with E-state index in [4.69, 9.17) is 0 Å². The van der Waals surface area contributed by atoms with E-state index in [0.29, 0.717) is 6.04 Å². The normalized spacial score (nSPS) is 21.0. The van der Waals surface area contributed by atoms with Crippen molar-refractivity contribution in [2.24, 2.45) is 13.0 Å². The molecule has 1 atom stereocenters. The number of hydrogen-bond donors (Lipinski definition) is 1. The Bertz CT molecular complexity index is 360. The van der Waals surface area contributed by atoms with Crippen molar-refractivity contribution in [3.8, 4) is 0 Å². The summed E-state index contributed by atoms with van der Waals surface area (Å²) in [6.07, 6.45) is 4.05. The third kappa shape index (κ3) is 4.07. The molecule has 1 aromatic rings. The zero-order valence-electron chi connectivity index (χ0n) is 11.8. The van der Waals surface area contributed by atoms with Crippen molar-refractivity contribution in [3.05, 3.63) is 12.2 Å². The van der Waals surface area contributed by atoms with Gasteiger partial charge in [-0.2, -0.15) is 5.10 Å². The van der Waals surface area contributed by atoms with E-state index in [0.717, 1.165) is 31.3 Å². The van der Waals surface area contributed by atoms with Crippen LogP contribution in [0.15, 0.2) is 6.33 Å². The third-order valence-electron chi connectivity index (χ3n) is 3.48. The number of rotatable bonds is 6. The second kappa shape index (κ2) is 6.29. The van der Waals surface area contributed by atoms with E-state index in [1.165, 1.54) is 19.5 Å². The minimum atomic E-state index is 0.594. The lowest BCUT2D eigenvalue weighted by atomic mass is 10.1. The fraction of sp³-hybridized carbons (Fsp3) is 0.846. The maximum absolute atomic E-state index is 4.32. The van der Waals surface area contributed by atoms with Crippen molar-refractivity contribution in [1.29, 1.82) is 0 Å². The molecule has 0 bridgehead atoms. The molecule has 18 heavy (non-hydrogen) atoms. The van der Waals surface area contributed by atoms with Gasteiger partial charge in [0.1, 0.15) is 6.33 Å². The van der Waals surface area contributed by atoms with E-state index < -0.39 is 0 Å². The van der Waals surface area contributed by atoms with Crippen LogP contribution in [0.4, 0.5) is 0 Å². The van der Waals surface area contributed by atoms with E-state index in [1.54, 1.807) is 11.0 Å². The molecule has 1 aromatic heterocycles. The van der Waals surface area contributed by atoms with Crippen molar-refractivity contribution in [2.45, 2.75) is 32.7 Å². The Hall–Kier alpha value is -0.940. The van der Waals surface area contributed by atoms with E-state index >= 15 is 0 Å². The molecule has 102 valence electrons. The average molecular weight is 251 g/mol. The third-order valence-corrected chi connectivity index (χ3v) is 3.48. The number of nitrogens with zero attached hydrogens (tertiary/aromatic N) is 4. The molecule has 0 aliphatic carbocycles. The van der Waals surface area contributed by atoms with Gasteiger partial charge in [0.2, 0.25) is 0 Å². The highest BCUT2D eigenvalue weighted by Gasteiger charge is 2.22. The molecule has 1 aliphatic rings. The van der Waals surface area contributed by atoms with Gasteiger partial charge in [0.25, 0.3) is 0 Å². The lowest BCUT2D eigenvalue weighted by molar-refractivity contribution is 0.321. The van der Waals surface area contributed by atoms with Crippen LogP contribution in [0.5, 0.6) is 0 Å². The van der Waals surface area contributed by atoms with Gasteiger partial charge in [-0.15, -0.1) is 0 Å². The smallest absolute Gasteiger partial charge is 0.151 e. The Labute approximate surface area is 110 Å². The first-order valence-corrected chi connectivity index (χ1v) is 6.93. The van der Waals surface area contributed by atoms with Gasteiger partial charge in [-0.3, -0.25) is 4.68 Å². The number of hydrogen-bond acceptors (Lipinski definition) is 4. The quantitative estimate of drug-likeness (QED) is 0.807. The highest BCUT2D eigenvalue weighted by atomic mass is 15.3. The maximum Gasteiger partial charge on any atom is 0.151 e. The molecule has 0 saturated carbocycles. The van der Waals surface area contributed by atoms with E-state index in [-0.39, 0.29) is 0 Å². The van der Waals surface area contributed by atoms with Gasteiger partial charge in [-0.05, 0) is 25.4 Å². The molecule has 0 spiro atoms. The van der Waals surface area contributed by atoms with Crippen LogP contribution in [0.1, 0.15) is 26.1 Å². The first-order valence-electron chi connectivity index (χ1n) is 6.93. The van der Waals surface area contributed by atoms with Gasteiger partial charge in [0.15, 0.2) is 5.82 Å². The van der Waals surface area contributed by atoms with Gasteiger partial charge >= 0.3 is 0 Å². The Morgan fingerprint density at radius 3 is 3.00 bits per heavy atom. The predicted molar refractivity (Wildman–Crippen MR) is 72.4 cm³/mol. The van der Waals surface area contributed by atoms with Crippen molar-refractivity contribution in [3.63, 3.8) is 0 Å². The van der Waals surface area contributed by atoms with Crippen LogP contribution in [0.3, 0.4) is 0 Å². The molecule has 0 aromatic carbocycles. The molecule has 1 aliphatic heterocycles. The molecule has 2 heterocycles. The lowest BCUT2D eigenvalue weighted by Crippen LogP contribution is -2.31. The van der Waals surface area contributed by atoms with E-state index in [1.807, 2.05) is 7.05 Å². The van der Waals surface area contributed by atoms with Crippen molar-refractivity contribution < 1.29 is 0 Å². The topological polar surface area (TPSA) is 46.0 Å². The summed E-state index contributed by atoms with van der Waals surface area (Å²) in [6, 6.07) is 0.594. The Kier molecular flexibility index (Phi) is 4.72. The highest BCUT2D eigenvalue weighted by Crippen LogP contribution is 2.15. The summed E-state index contributed by atoms with van der Waals surface area (Å²) in [5, 5.41) is 7.85. The minimum Gasteiger partial charge on any atom is -0.314 e. The van der Waals surface area contributed by atoms with Crippen LogP contribution < -0.4 is 5.32 Å². The minimum absolute atomic E-state index is 0.594. The monoisotopic (exact) mass is 251 g/mol. The molecule has 1 saturated heterocycles. The number of nitrogens with one attached hydrogen (secondary N) is 1. The molecule has 1 N–H and O–H groups in total. The molecular weight excluding hydrogens is 226 g/mol. The van der Waals surface area contributed by atoms with E-state index in [2.05, 4.69) is 34.1 Å². The zero-order chi connectivity index (χ0) is 13.0. The summed E-state index contributed by atoms with van der Waals surface area (Å²) in [6.45, 7) is 9.08. The highest BCUT2D eigenvalue weighted by molar-refractivity contribution is 4.85. The molecule has 2 rings (SSSR count). The van der Waals surface area contributed by atoms with Crippen molar-refractivity contribution in [2.75, 3.05) is 26.2 Å². The zero-order valence-corrected chi connectivity index (χ0v) is 11.8. The van der Waals surface area contributed by atoms with Gasteiger partial charge < -0.3 is 10.2 Å². The molecular formula is C13H25N5. The van der Waals surface area contributed by atoms with Gasteiger partial charge in [-0.25, -0.2) is 4.98 Å². The summed E-state index contributed by atoms with van der Waals surface area (Å²) in [4.78, 5) is 6.80. The summed E-state index contributed by atoms with van der Waals surface area (Å²) in [5.41, 5.74) is 0. The lowest BCUT2D eigenvalue weighted by Gasteiger charge is -2.16. The van der Waals surface area contributed by atoms with E-state index in [9.17, 15) is 0 Å². The largest absolute Gasteiger partial charge is 0.314 e. The van der Waals surface area contributed by atoms with Crippen LogP contribution in [0.2, 0.25) is 0 Å². The summed E-state index contributed by atoms with van der Waals surface area (Å²) in [7, 11) is 1.92. The Balaban J connectivity index is 1.66. The summed E-state index contributed by atoms with van der Waals surface area (Å²) < 4.78 is 1.77. The van der Waals surface area contributed by atoms with Crippen LogP contribution >= 0.6 is 0 Å². The standard InChI is InChI=1S/C13H25N5/c1-11(2)14-8-12-4-6-18(9-12)7-5-13-15-10-17(3)16-13/h10-12,14H,4-9H2,1-3H3. The fourth-order valence-electron chi connectivity index (χ4n) is 2.44. The van der Waals surface area contributed by atoms with Crippen molar-refractivity contribution >= 4 is 0 Å². The summed E-state index contributed by atoms with van der Waals surface area (Å²) >= 11 is 0. The van der Waals surface area contributed by atoms with Crippen LogP contribution in [-0.4, -0.2) is 51.9 Å². The first kappa shape index (κ1) is 13.5. The Morgan fingerprint density at radius 1 is 1.50 bits per heavy atom. The molecule has 5 nitrogen and oxygen atoms in total. The number of aromatic nitrogens is 3. The van der Waals surface area contributed by atoms with Gasteiger partial charge in [0, 0.05) is 32.6 Å². The first-order chi connectivity index (χ1) is 8.63. The van der Waals surface area contributed by atoms with Crippen LogP contribution in [0, 0.1) is 5.92 Å². The van der Waals surface area contributed by atoms with Gasteiger partial charge in [-0.1, -0.05) is 13.8 Å². The number of likely N-dealkylation sites (tertiary alicyclic amines) is 1. The fourth-order valence-corrected chi connectivity index (χ4v) is 2.44. The Morgan fingerprint density at radius 2 is 2.33 bits per heavy atom. The predicted octanol–water partition coefficient (Wildman–Crippen LogP) is 0.677. The van der Waals surface area contributed by atoms with Crippen LogP contribution in [0.25, 0.3) is 0 Å². The van der Waals surface area contributed by atoms with Crippen molar-refractivity contribution in [1.82, 2.24) is 25.0 Å². The maximum atomic E-state index is 4.32. The second-order valence-electron chi connectivity index (χ2n) is 5.60. The summed E-state index contributed by atoms with van der Waals surface area (Å²) in [5.74, 6) is 1.77. The molecule has 0 radical (unpaired) electrons. The molecule has 5 heteroatoms.